The summed E-state index contributed by atoms with van der Waals surface area (Å²) in [6.45, 7) is 6.33. The molecule has 1 atom stereocenters. The van der Waals surface area contributed by atoms with Crippen molar-refractivity contribution in [2.45, 2.75) is 52.3 Å². The van der Waals surface area contributed by atoms with Crippen LogP contribution in [0, 0.1) is 5.92 Å². The van der Waals surface area contributed by atoms with E-state index in [1.165, 1.54) is 0 Å². The molecule has 0 aliphatic rings. The Balaban J connectivity index is 3.99. The quantitative estimate of drug-likeness (QED) is 0.666. The fourth-order valence-corrected chi connectivity index (χ4v) is 1.69. The van der Waals surface area contributed by atoms with Crippen molar-refractivity contribution in [3.05, 3.63) is 0 Å². The van der Waals surface area contributed by atoms with Crippen molar-refractivity contribution in [1.29, 1.82) is 0 Å². The maximum absolute atomic E-state index is 12.0. The van der Waals surface area contributed by atoms with Gasteiger partial charge in [-0.2, -0.15) is 13.2 Å². The lowest BCUT2D eigenvalue weighted by Gasteiger charge is -2.28. The van der Waals surface area contributed by atoms with Gasteiger partial charge < -0.3 is 4.90 Å². The van der Waals surface area contributed by atoms with Crippen LogP contribution in [-0.2, 0) is 0 Å². The molecule has 0 aliphatic carbocycles. The average Bonchev–Trinajstić information content (AvgIpc) is 2.08. The van der Waals surface area contributed by atoms with E-state index < -0.39 is 12.6 Å². The number of nitrogens with zero attached hydrogens (tertiary/aromatic N) is 1. The number of rotatable bonds is 6. The van der Waals surface area contributed by atoms with E-state index in [-0.39, 0.29) is 12.6 Å². The lowest BCUT2D eigenvalue weighted by Crippen LogP contribution is -2.35. The summed E-state index contributed by atoms with van der Waals surface area (Å²) in [5.74, 6) is 0.531. The molecule has 0 aromatic rings. The smallest absolute Gasteiger partial charge is 0.303 e. The zero-order valence-corrected chi connectivity index (χ0v) is 10.1. The lowest BCUT2D eigenvalue weighted by atomic mass is 10.0. The lowest BCUT2D eigenvalue weighted by molar-refractivity contribution is -0.138. The zero-order valence-electron chi connectivity index (χ0n) is 10.1. The summed E-state index contributed by atoms with van der Waals surface area (Å²) in [4.78, 5) is 1.83. The van der Waals surface area contributed by atoms with E-state index in [1.807, 2.05) is 11.8 Å². The van der Waals surface area contributed by atoms with Gasteiger partial charge in [0.1, 0.15) is 0 Å². The molecular weight excluding hydrogens is 203 g/mol. The molecule has 0 heterocycles. The fraction of sp³-hybridized carbons (Fsp3) is 1.00. The van der Waals surface area contributed by atoms with Crippen LogP contribution in [0.1, 0.15) is 40.0 Å². The van der Waals surface area contributed by atoms with Crippen LogP contribution in [0.2, 0.25) is 0 Å². The topological polar surface area (TPSA) is 3.24 Å². The van der Waals surface area contributed by atoms with Gasteiger partial charge in [-0.1, -0.05) is 20.8 Å². The van der Waals surface area contributed by atoms with Crippen molar-refractivity contribution in [3.63, 3.8) is 0 Å². The molecule has 0 spiro atoms. The molecular formula is C11H22F3N. The average molecular weight is 225 g/mol. The zero-order chi connectivity index (χ0) is 12.1. The Kier molecular flexibility index (Phi) is 6.25. The molecule has 92 valence electrons. The third-order valence-electron chi connectivity index (χ3n) is 2.59. The normalized spacial score (nSPS) is 15.0. The van der Waals surface area contributed by atoms with E-state index in [4.69, 9.17) is 0 Å². The summed E-state index contributed by atoms with van der Waals surface area (Å²) >= 11 is 0. The molecule has 0 saturated carbocycles. The molecule has 0 aliphatic heterocycles. The highest BCUT2D eigenvalue weighted by atomic mass is 19.4. The van der Waals surface area contributed by atoms with Crippen molar-refractivity contribution in [1.82, 2.24) is 4.90 Å². The van der Waals surface area contributed by atoms with Crippen LogP contribution >= 0.6 is 0 Å². The predicted octanol–water partition coefficient (Wildman–Crippen LogP) is 3.70. The summed E-state index contributed by atoms with van der Waals surface area (Å²) in [6.07, 6.45) is -2.88. The van der Waals surface area contributed by atoms with Crippen LogP contribution in [0.15, 0.2) is 0 Å². The Labute approximate surface area is 90.6 Å². The molecule has 0 aromatic carbocycles. The van der Waals surface area contributed by atoms with Gasteiger partial charge in [-0.3, -0.25) is 0 Å². The Morgan fingerprint density at radius 2 is 1.73 bits per heavy atom. The molecule has 0 bridgehead atoms. The minimum absolute atomic E-state index is 0.106. The Hall–Kier alpha value is -0.250. The maximum Gasteiger partial charge on any atom is 0.390 e. The Bertz CT molecular complexity index is 166. The van der Waals surface area contributed by atoms with Gasteiger partial charge in [0.2, 0.25) is 0 Å². The van der Waals surface area contributed by atoms with Gasteiger partial charge in [0, 0.05) is 12.6 Å². The SMILES string of the molecule is CCC(CC(C)C)N(C)CCC(F)(F)F. The number of hydrogen-bond acceptors (Lipinski definition) is 1. The van der Waals surface area contributed by atoms with Crippen LogP contribution in [0.5, 0.6) is 0 Å². The Morgan fingerprint density at radius 3 is 2.07 bits per heavy atom. The molecule has 1 nitrogen and oxygen atoms in total. The highest BCUT2D eigenvalue weighted by molar-refractivity contribution is 4.70. The summed E-state index contributed by atoms with van der Waals surface area (Å²) in [5, 5.41) is 0. The molecule has 0 saturated heterocycles. The van der Waals surface area contributed by atoms with Crippen LogP contribution in [0.3, 0.4) is 0 Å². The van der Waals surface area contributed by atoms with Gasteiger partial charge in [0.25, 0.3) is 0 Å². The molecule has 0 aromatic heterocycles. The number of alkyl halides is 3. The summed E-state index contributed by atoms with van der Waals surface area (Å²) in [6, 6.07) is 0.271. The van der Waals surface area contributed by atoms with E-state index in [0.717, 1.165) is 12.8 Å². The number of halogens is 3. The van der Waals surface area contributed by atoms with Crippen LogP contribution in [0.25, 0.3) is 0 Å². The predicted molar refractivity (Wildman–Crippen MR) is 56.8 cm³/mol. The van der Waals surface area contributed by atoms with Crippen molar-refractivity contribution < 1.29 is 13.2 Å². The van der Waals surface area contributed by atoms with Crippen molar-refractivity contribution in [2.24, 2.45) is 5.92 Å². The van der Waals surface area contributed by atoms with Crippen molar-refractivity contribution in [3.8, 4) is 0 Å². The molecule has 0 amide bonds. The summed E-state index contributed by atoms with van der Waals surface area (Å²) < 4.78 is 36.1. The van der Waals surface area contributed by atoms with Gasteiger partial charge >= 0.3 is 6.18 Å². The first kappa shape index (κ1) is 14.8. The molecule has 0 fully saturated rings. The minimum atomic E-state index is -4.04. The second-order valence-corrected chi connectivity index (χ2v) is 4.54. The van der Waals surface area contributed by atoms with E-state index in [2.05, 4.69) is 13.8 Å². The molecule has 0 rings (SSSR count). The third-order valence-corrected chi connectivity index (χ3v) is 2.59. The van der Waals surface area contributed by atoms with E-state index in [1.54, 1.807) is 7.05 Å². The van der Waals surface area contributed by atoms with Gasteiger partial charge in [-0.25, -0.2) is 0 Å². The maximum atomic E-state index is 12.0. The highest BCUT2D eigenvalue weighted by Crippen LogP contribution is 2.21. The van der Waals surface area contributed by atoms with Crippen molar-refractivity contribution >= 4 is 0 Å². The number of hydrogen-bond donors (Lipinski definition) is 0. The molecule has 15 heavy (non-hydrogen) atoms. The highest BCUT2D eigenvalue weighted by Gasteiger charge is 2.28. The summed E-state index contributed by atoms with van der Waals surface area (Å²) in [7, 11) is 1.78. The van der Waals surface area contributed by atoms with Crippen LogP contribution in [0.4, 0.5) is 13.2 Å². The molecule has 0 N–H and O–H groups in total. The van der Waals surface area contributed by atoms with E-state index >= 15 is 0 Å². The monoisotopic (exact) mass is 225 g/mol. The molecule has 4 heteroatoms. The first-order valence-corrected chi connectivity index (χ1v) is 5.53. The second-order valence-electron chi connectivity index (χ2n) is 4.54. The first-order valence-electron chi connectivity index (χ1n) is 5.53. The van der Waals surface area contributed by atoms with Crippen molar-refractivity contribution in [2.75, 3.05) is 13.6 Å². The molecule has 1 unspecified atom stereocenters. The van der Waals surface area contributed by atoms with Gasteiger partial charge in [0.05, 0.1) is 6.42 Å². The van der Waals surface area contributed by atoms with Gasteiger partial charge in [-0.15, -0.1) is 0 Å². The Morgan fingerprint density at radius 1 is 1.20 bits per heavy atom. The fourth-order valence-electron chi connectivity index (χ4n) is 1.69. The van der Waals surface area contributed by atoms with E-state index in [0.29, 0.717) is 5.92 Å². The molecule has 0 radical (unpaired) electrons. The first-order chi connectivity index (χ1) is 6.76. The van der Waals surface area contributed by atoms with Gasteiger partial charge in [-0.05, 0) is 25.8 Å². The largest absolute Gasteiger partial charge is 0.390 e. The third kappa shape index (κ3) is 7.65. The summed E-state index contributed by atoms with van der Waals surface area (Å²) in [5.41, 5.74) is 0. The minimum Gasteiger partial charge on any atom is -0.303 e. The van der Waals surface area contributed by atoms with Crippen LogP contribution in [-0.4, -0.2) is 30.7 Å². The standard InChI is InChI=1S/C11H22F3N/c1-5-10(8-9(2)3)15(4)7-6-11(12,13)14/h9-10H,5-8H2,1-4H3. The van der Waals surface area contributed by atoms with Gasteiger partial charge in [0.15, 0.2) is 0 Å². The van der Waals surface area contributed by atoms with E-state index in [9.17, 15) is 13.2 Å². The second kappa shape index (κ2) is 6.36. The van der Waals surface area contributed by atoms with Crippen LogP contribution < -0.4 is 0 Å².